The minimum absolute atomic E-state index is 0.0199. The molecule has 2 aromatic carbocycles. The maximum absolute atomic E-state index is 13.1. The molecule has 34 heavy (non-hydrogen) atoms. The number of para-hydroxylation sites is 3. The van der Waals surface area contributed by atoms with Gasteiger partial charge in [-0.25, -0.2) is 4.68 Å². The van der Waals surface area contributed by atoms with Gasteiger partial charge in [0.1, 0.15) is 5.76 Å². The third-order valence-electron chi connectivity index (χ3n) is 5.50. The Bertz CT molecular complexity index is 1230. The van der Waals surface area contributed by atoms with Crippen molar-refractivity contribution < 1.29 is 18.7 Å². The van der Waals surface area contributed by atoms with E-state index in [1.807, 2.05) is 87.5 Å². The average Bonchev–Trinajstić information content (AvgIpc) is 3.47. The number of benzene rings is 2. The Morgan fingerprint density at radius 3 is 2.35 bits per heavy atom. The molecule has 0 saturated carbocycles. The lowest BCUT2D eigenvalue weighted by Gasteiger charge is -2.24. The van der Waals surface area contributed by atoms with Crippen molar-refractivity contribution in [2.24, 2.45) is 5.92 Å². The van der Waals surface area contributed by atoms with Crippen molar-refractivity contribution in [1.82, 2.24) is 14.7 Å². The molecular formula is C27H29N3O4. The van der Waals surface area contributed by atoms with E-state index in [9.17, 15) is 4.79 Å². The van der Waals surface area contributed by atoms with Gasteiger partial charge in [0.05, 0.1) is 43.4 Å². The highest BCUT2D eigenvalue weighted by atomic mass is 16.5. The van der Waals surface area contributed by atoms with Crippen LogP contribution in [0.4, 0.5) is 0 Å². The van der Waals surface area contributed by atoms with Gasteiger partial charge in [-0.1, -0.05) is 44.2 Å². The molecule has 4 rings (SSSR count). The number of aryl methyl sites for hydroxylation is 1. The second-order valence-electron chi connectivity index (χ2n) is 8.30. The van der Waals surface area contributed by atoms with Crippen LogP contribution in [0.3, 0.4) is 0 Å². The molecule has 0 bridgehead atoms. The van der Waals surface area contributed by atoms with Crippen LogP contribution in [0.2, 0.25) is 0 Å². The SMILES string of the molecule is COc1ccccc1Oc1c(CN(Cc2ccco2)C(=O)C(C)C)c(C)nn1-c1ccccc1. The number of ether oxygens (including phenoxy) is 2. The molecule has 2 heterocycles. The fraction of sp³-hybridized carbons (Fsp3) is 0.259. The third-order valence-corrected chi connectivity index (χ3v) is 5.50. The molecule has 0 unspecified atom stereocenters. The normalized spacial score (nSPS) is 11.0. The van der Waals surface area contributed by atoms with Crippen molar-refractivity contribution in [2.45, 2.75) is 33.9 Å². The summed E-state index contributed by atoms with van der Waals surface area (Å²) in [5.74, 6) is 2.28. The van der Waals surface area contributed by atoms with Crippen molar-refractivity contribution in [3.63, 3.8) is 0 Å². The molecule has 1 amide bonds. The lowest BCUT2D eigenvalue weighted by atomic mass is 10.1. The maximum atomic E-state index is 13.1. The molecule has 0 aliphatic heterocycles. The molecule has 176 valence electrons. The molecule has 0 atom stereocenters. The summed E-state index contributed by atoms with van der Waals surface area (Å²) in [4.78, 5) is 14.9. The smallest absolute Gasteiger partial charge is 0.228 e. The predicted molar refractivity (Wildman–Crippen MR) is 129 cm³/mol. The summed E-state index contributed by atoms with van der Waals surface area (Å²) in [5.41, 5.74) is 2.44. The number of nitrogens with zero attached hydrogens (tertiary/aromatic N) is 3. The standard InChI is InChI=1S/C27H29N3O4/c1-19(2)26(31)29(17-22-13-10-16-33-22)18-23-20(3)28-30(21-11-6-5-7-12-21)27(23)34-25-15-9-8-14-24(25)32-4/h5-16,19H,17-18H2,1-4H3. The predicted octanol–water partition coefficient (Wildman–Crippen LogP) is 5.76. The first-order valence-electron chi connectivity index (χ1n) is 11.2. The van der Waals surface area contributed by atoms with Gasteiger partial charge in [0.15, 0.2) is 11.5 Å². The summed E-state index contributed by atoms with van der Waals surface area (Å²) < 4.78 is 19.2. The van der Waals surface area contributed by atoms with Gasteiger partial charge in [-0.3, -0.25) is 4.79 Å². The van der Waals surface area contributed by atoms with E-state index in [-0.39, 0.29) is 11.8 Å². The average molecular weight is 460 g/mol. The number of hydrogen-bond acceptors (Lipinski definition) is 5. The number of methoxy groups -OCH3 is 1. The van der Waals surface area contributed by atoms with Crippen LogP contribution >= 0.6 is 0 Å². The zero-order valence-corrected chi connectivity index (χ0v) is 19.9. The van der Waals surface area contributed by atoms with E-state index < -0.39 is 0 Å². The van der Waals surface area contributed by atoms with Gasteiger partial charge in [-0.2, -0.15) is 5.10 Å². The van der Waals surface area contributed by atoms with Gasteiger partial charge >= 0.3 is 0 Å². The Morgan fingerprint density at radius 2 is 1.71 bits per heavy atom. The van der Waals surface area contributed by atoms with Crippen LogP contribution in [0.15, 0.2) is 77.4 Å². The van der Waals surface area contributed by atoms with Crippen molar-refractivity contribution in [2.75, 3.05) is 7.11 Å². The molecule has 0 N–H and O–H groups in total. The topological polar surface area (TPSA) is 69.7 Å². The van der Waals surface area contributed by atoms with Crippen molar-refractivity contribution >= 4 is 5.91 Å². The van der Waals surface area contributed by atoms with E-state index in [4.69, 9.17) is 19.0 Å². The molecule has 0 fully saturated rings. The first-order valence-corrected chi connectivity index (χ1v) is 11.2. The highest BCUT2D eigenvalue weighted by molar-refractivity contribution is 5.78. The van der Waals surface area contributed by atoms with Crippen molar-refractivity contribution in [1.29, 1.82) is 0 Å². The molecular weight excluding hydrogens is 430 g/mol. The first-order chi connectivity index (χ1) is 16.5. The highest BCUT2D eigenvalue weighted by Crippen LogP contribution is 2.36. The fourth-order valence-corrected chi connectivity index (χ4v) is 3.74. The van der Waals surface area contributed by atoms with E-state index in [0.717, 1.165) is 16.9 Å². The molecule has 4 aromatic rings. The number of aromatic nitrogens is 2. The maximum Gasteiger partial charge on any atom is 0.228 e. The Kier molecular flexibility index (Phi) is 7.01. The van der Waals surface area contributed by atoms with E-state index in [1.54, 1.807) is 23.0 Å². The zero-order chi connectivity index (χ0) is 24.1. The summed E-state index contributed by atoms with van der Waals surface area (Å²) in [5, 5.41) is 4.78. The zero-order valence-electron chi connectivity index (χ0n) is 19.9. The van der Waals surface area contributed by atoms with Crippen molar-refractivity contribution in [3.8, 4) is 23.1 Å². The summed E-state index contributed by atoms with van der Waals surface area (Å²) in [6.07, 6.45) is 1.61. The van der Waals surface area contributed by atoms with Gasteiger partial charge in [0.2, 0.25) is 11.8 Å². The lowest BCUT2D eigenvalue weighted by Crippen LogP contribution is -2.33. The quantitative estimate of drug-likeness (QED) is 0.318. The second kappa shape index (κ2) is 10.3. The number of carbonyl (C=O) groups is 1. The monoisotopic (exact) mass is 459 g/mol. The van der Waals surface area contributed by atoms with E-state index in [2.05, 4.69) is 0 Å². The van der Waals surface area contributed by atoms with E-state index in [0.29, 0.717) is 36.2 Å². The molecule has 0 aliphatic rings. The fourth-order valence-electron chi connectivity index (χ4n) is 3.74. The van der Waals surface area contributed by atoms with E-state index in [1.165, 1.54) is 0 Å². The Balaban J connectivity index is 1.79. The van der Waals surface area contributed by atoms with Crippen LogP contribution in [-0.2, 0) is 17.9 Å². The van der Waals surface area contributed by atoms with Crippen molar-refractivity contribution in [3.05, 3.63) is 90.0 Å². The number of amides is 1. The lowest BCUT2D eigenvalue weighted by molar-refractivity contribution is -0.136. The summed E-state index contributed by atoms with van der Waals surface area (Å²) >= 11 is 0. The number of hydrogen-bond donors (Lipinski definition) is 0. The van der Waals surface area contributed by atoms with Gasteiger partial charge in [0, 0.05) is 5.92 Å². The largest absolute Gasteiger partial charge is 0.493 e. The third kappa shape index (κ3) is 4.98. The highest BCUT2D eigenvalue weighted by Gasteiger charge is 2.26. The van der Waals surface area contributed by atoms with Gasteiger partial charge in [-0.15, -0.1) is 0 Å². The van der Waals surface area contributed by atoms with Crippen LogP contribution in [0.5, 0.6) is 17.4 Å². The Morgan fingerprint density at radius 1 is 1.00 bits per heavy atom. The Labute approximate surface area is 199 Å². The van der Waals surface area contributed by atoms with Crippen LogP contribution in [0.1, 0.15) is 30.9 Å². The summed E-state index contributed by atoms with van der Waals surface area (Å²) in [6, 6.07) is 20.9. The second-order valence-corrected chi connectivity index (χ2v) is 8.30. The number of furan rings is 1. The van der Waals surface area contributed by atoms with E-state index >= 15 is 0 Å². The minimum Gasteiger partial charge on any atom is -0.493 e. The molecule has 0 saturated heterocycles. The molecule has 0 spiro atoms. The first kappa shape index (κ1) is 23.2. The summed E-state index contributed by atoms with van der Waals surface area (Å²) in [7, 11) is 1.61. The molecule has 0 radical (unpaired) electrons. The van der Waals surface area contributed by atoms with Gasteiger partial charge in [-0.05, 0) is 43.3 Å². The molecule has 7 heteroatoms. The summed E-state index contributed by atoms with van der Waals surface area (Å²) in [6.45, 7) is 6.39. The van der Waals surface area contributed by atoms with Gasteiger partial charge in [0.25, 0.3) is 0 Å². The minimum atomic E-state index is -0.168. The van der Waals surface area contributed by atoms with Crippen LogP contribution in [0.25, 0.3) is 5.69 Å². The molecule has 0 aliphatic carbocycles. The number of carbonyl (C=O) groups excluding carboxylic acids is 1. The van der Waals surface area contributed by atoms with Gasteiger partial charge < -0.3 is 18.8 Å². The van der Waals surface area contributed by atoms with Crippen LogP contribution in [0, 0.1) is 12.8 Å². The van der Waals surface area contributed by atoms with Crippen LogP contribution < -0.4 is 9.47 Å². The Hall–Kier alpha value is -4.00. The number of rotatable bonds is 9. The molecule has 2 aromatic heterocycles. The molecule has 7 nitrogen and oxygen atoms in total. The van der Waals surface area contributed by atoms with Crippen LogP contribution in [-0.4, -0.2) is 27.7 Å².